The van der Waals surface area contributed by atoms with Gasteiger partial charge in [-0.05, 0) is 25.7 Å². The minimum Gasteiger partial charge on any atom is -0.368 e. The Morgan fingerprint density at radius 3 is 2.61 bits per heavy atom. The van der Waals surface area contributed by atoms with Crippen LogP contribution in [0.15, 0.2) is 6.20 Å². The zero-order chi connectivity index (χ0) is 13.6. The second-order valence-electron chi connectivity index (χ2n) is 5.92. The van der Waals surface area contributed by atoms with Crippen molar-refractivity contribution in [2.24, 2.45) is 5.41 Å². The quantitative estimate of drug-likeness (QED) is 0.739. The van der Waals surface area contributed by atoms with Crippen molar-refractivity contribution in [3.05, 3.63) is 17.6 Å². The molecule has 3 heteroatoms. The van der Waals surface area contributed by atoms with E-state index in [-0.39, 0.29) is 0 Å². The summed E-state index contributed by atoms with van der Waals surface area (Å²) in [5.41, 5.74) is 2.25. The highest BCUT2D eigenvalue weighted by atomic mass is 15.0. The summed E-state index contributed by atoms with van der Waals surface area (Å²) in [7, 11) is 0. The van der Waals surface area contributed by atoms with Gasteiger partial charge < -0.3 is 5.32 Å². The SMILES string of the molecule is CCCCCC(C)(C)CNc1nc(C)cnc1C. The minimum absolute atomic E-state index is 0.313. The van der Waals surface area contributed by atoms with Crippen molar-refractivity contribution in [1.29, 1.82) is 0 Å². The third kappa shape index (κ3) is 5.03. The molecule has 0 aliphatic rings. The molecule has 18 heavy (non-hydrogen) atoms. The van der Waals surface area contributed by atoms with Crippen molar-refractivity contribution in [3.8, 4) is 0 Å². The van der Waals surface area contributed by atoms with Gasteiger partial charge in [0.25, 0.3) is 0 Å². The standard InChI is InChI=1S/C15H27N3/c1-6-7-8-9-15(4,5)11-17-14-13(3)16-10-12(2)18-14/h10H,6-9,11H2,1-5H3,(H,17,18). The van der Waals surface area contributed by atoms with Crippen LogP contribution in [0.1, 0.15) is 57.8 Å². The Morgan fingerprint density at radius 1 is 1.22 bits per heavy atom. The normalized spacial score (nSPS) is 11.6. The lowest BCUT2D eigenvalue weighted by atomic mass is 9.87. The monoisotopic (exact) mass is 249 g/mol. The maximum atomic E-state index is 4.50. The smallest absolute Gasteiger partial charge is 0.147 e. The van der Waals surface area contributed by atoms with Crippen molar-refractivity contribution >= 4 is 5.82 Å². The van der Waals surface area contributed by atoms with Gasteiger partial charge in [-0.25, -0.2) is 4.98 Å². The summed E-state index contributed by atoms with van der Waals surface area (Å²) < 4.78 is 0. The molecule has 0 saturated heterocycles. The van der Waals surface area contributed by atoms with Gasteiger partial charge in [0.05, 0.1) is 11.4 Å². The zero-order valence-corrected chi connectivity index (χ0v) is 12.5. The number of nitrogens with zero attached hydrogens (tertiary/aromatic N) is 2. The van der Waals surface area contributed by atoms with Crippen molar-refractivity contribution in [3.63, 3.8) is 0 Å². The van der Waals surface area contributed by atoms with Crippen molar-refractivity contribution in [2.75, 3.05) is 11.9 Å². The molecule has 0 amide bonds. The van der Waals surface area contributed by atoms with Gasteiger partial charge >= 0.3 is 0 Å². The Kier molecular flexibility index (Phi) is 5.57. The molecule has 0 spiro atoms. The van der Waals surface area contributed by atoms with Crippen LogP contribution >= 0.6 is 0 Å². The topological polar surface area (TPSA) is 37.8 Å². The molecule has 1 N–H and O–H groups in total. The Morgan fingerprint density at radius 2 is 1.94 bits per heavy atom. The highest BCUT2D eigenvalue weighted by Crippen LogP contribution is 2.24. The van der Waals surface area contributed by atoms with E-state index < -0.39 is 0 Å². The van der Waals surface area contributed by atoms with E-state index in [1.54, 1.807) is 0 Å². The van der Waals surface area contributed by atoms with Crippen LogP contribution in [0.5, 0.6) is 0 Å². The van der Waals surface area contributed by atoms with E-state index in [0.717, 1.165) is 23.8 Å². The fraction of sp³-hybridized carbons (Fsp3) is 0.733. The van der Waals surface area contributed by atoms with Crippen LogP contribution in [0.3, 0.4) is 0 Å². The highest BCUT2D eigenvalue weighted by molar-refractivity contribution is 5.39. The second kappa shape index (κ2) is 6.72. The fourth-order valence-electron chi connectivity index (χ4n) is 1.97. The Balaban J connectivity index is 2.50. The van der Waals surface area contributed by atoms with Gasteiger partial charge in [0, 0.05) is 12.7 Å². The third-order valence-corrected chi connectivity index (χ3v) is 3.27. The van der Waals surface area contributed by atoms with Gasteiger partial charge in [0.2, 0.25) is 0 Å². The fourth-order valence-corrected chi connectivity index (χ4v) is 1.97. The Bertz CT molecular complexity index is 372. The van der Waals surface area contributed by atoms with Crippen LogP contribution in [0.4, 0.5) is 5.82 Å². The first-order valence-corrected chi connectivity index (χ1v) is 6.99. The maximum Gasteiger partial charge on any atom is 0.147 e. The van der Waals surface area contributed by atoms with E-state index in [2.05, 4.69) is 36.1 Å². The molecule has 1 aromatic heterocycles. The maximum absolute atomic E-state index is 4.50. The molecule has 0 fully saturated rings. The average Bonchev–Trinajstić information content (AvgIpc) is 2.31. The molecule has 0 atom stereocenters. The van der Waals surface area contributed by atoms with Crippen molar-refractivity contribution < 1.29 is 0 Å². The molecule has 0 unspecified atom stereocenters. The first kappa shape index (κ1) is 14.9. The second-order valence-corrected chi connectivity index (χ2v) is 5.92. The van der Waals surface area contributed by atoms with Crippen molar-refractivity contribution in [2.45, 2.75) is 60.3 Å². The van der Waals surface area contributed by atoms with Gasteiger partial charge in [0.15, 0.2) is 0 Å². The summed E-state index contributed by atoms with van der Waals surface area (Å²) in [4.78, 5) is 8.83. The first-order valence-electron chi connectivity index (χ1n) is 6.99. The van der Waals surface area contributed by atoms with Crippen LogP contribution in [-0.2, 0) is 0 Å². The molecule has 0 aliphatic carbocycles. The van der Waals surface area contributed by atoms with Crippen LogP contribution in [0.2, 0.25) is 0 Å². The number of hydrogen-bond donors (Lipinski definition) is 1. The third-order valence-electron chi connectivity index (χ3n) is 3.27. The van der Waals surface area contributed by atoms with Gasteiger partial charge in [-0.1, -0.05) is 40.0 Å². The van der Waals surface area contributed by atoms with Crippen LogP contribution in [0.25, 0.3) is 0 Å². The summed E-state index contributed by atoms with van der Waals surface area (Å²) in [5, 5.41) is 3.45. The first-order chi connectivity index (χ1) is 8.44. The summed E-state index contributed by atoms with van der Waals surface area (Å²) in [6.07, 6.45) is 6.99. The molecule has 1 rings (SSSR count). The van der Waals surface area contributed by atoms with Gasteiger partial charge in [-0.15, -0.1) is 0 Å². The van der Waals surface area contributed by atoms with E-state index >= 15 is 0 Å². The predicted molar refractivity (Wildman–Crippen MR) is 77.9 cm³/mol. The van der Waals surface area contributed by atoms with Crippen molar-refractivity contribution in [1.82, 2.24) is 9.97 Å². The zero-order valence-electron chi connectivity index (χ0n) is 12.5. The number of aromatic nitrogens is 2. The average molecular weight is 249 g/mol. The molecule has 102 valence electrons. The summed E-state index contributed by atoms with van der Waals surface area (Å²) in [5.74, 6) is 0.929. The number of unbranched alkanes of at least 4 members (excludes halogenated alkanes) is 2. The minimum atomic E-state index is 0.313. The van der Waals surface area contributed by atoms with Crippen LogP contribution < -0.4 is 5.32 Å². The molecule has 0 radical (unpaired) electrons. The van der Waals surface area contributed by atoms with Gasteiger partial charge in [-0.2, -0.15) is 0 Å². The van der Waals surface area contributed by atoms with Crippen LogP contribution in [0, 0.1) is 19.3 Å². The molecule has 0 aromatic carbocycles. The summed E-state index contributed by atoms with van der Waals surface area (Å²) >= 11 is 0. The highest BCUT2D eigenvalue weighted by Gasteiger charge is 2.17. The lowest BCUT2D eigenvalue weighted by Gasteiger charge is -2.25. The lowest BCUT2D eigenvalue weighted by Crippen LogP contribution is -2.24. The number of nitrogens with one attached hydrogen (secondary N) is 1. The number of anilines is 1. The molecular weight excluding hydrogens is 222 g/mol. The van der Waals surface area contributed by atoms with Gasteiger partial charge in [-0.3, -0.25) is 4.98 Å². The Hall–Kier alpha value is -1.12. The molecule has 0 aliphatic heterocycles. The number of aryl methyl sites for hydroxylation is 2. The van der Waals surface area contributed by atoms with Crippen LogP contribution in [-0.4, -0.2) is 16.5 Å². The molecule has 1 aromatic rings. The summed E-state index contributed by atoms with van der Waals surface area (Å²) in [6.45, 7) is 11.8. The van der Waals surface area contributed by atoms with E-state index in [0.29, 0.717) is 5.41 Å². The molecular formula is C15H27N3. The predicted octanol–water partition coefficient (Wildman–Crippen LogP) is 4.11. The number of rotatable bonds is 7. The lowest BCUT2D eigenvalue weighted by molar-refractivity contribution is 0.342. The molecule has 0 saturated carbocycles. The van der Waals surface area contributed by atoms with E-state index in [4.69, 9.17) is 0 Å². The molecule has 3 nitrogen and oxygen atoms in total. The van der Waals surface area contributed by atoms with E-state index in [9.17, 15) is 0 Å². The molecule has 0 bridgehead atoms. The largest absolute Gasteiger partial charge is 0.368 e. The molecule has 1 heterocycles. The summed E-state index contributed by atoms with van der Waals surface area (Å²) in [6, 6.07) is 0. The van der Waals surface area contributed by atoms with Gasteiger partial charge in [0.1, 0.15) is 5.82 Å². The number of hydrogen-bond acceptors (Lipinski definition) is 3. The Labute approximate surface area is 111 Å². The van der Waals surface area contributed by atoms with E-state index in [1.807, 2.05) is 20.0 Å². The van der Waals surface area contributed by atoms with E-state index in [1.165, 1.54) is 25.7 Å².